The van der Waals surface area contributed by atoms with Crippen LogP contribution in [0.3, 0.4) is 0 Å². The Morgan fingerprint density at radius 2 is 2.07 bits per heavy atom. The van der Waals surface area contributed by atoms with Gasteiger partial charge in [-0.1, -0.05) is 17.7 Å². The molecule has 0 spiro atoms. The van der Waals surface area contributed by atoms with Crippen molar-refractivity contribution in [1.29, 1.82) is 0 Å². The smallest absolute Gasteiger partial charge is 0.191 e. The minimum absolute atomic E-state index is 0. The van der Waals surface area contributed by atoms with Crippen LogP contribution in [0.15, 0.2) is 53.8 Å². The van der Waals surface area contributed by atoms with Gasteiger partial charge >= 0.3 is 0 Å². The Bertz CT molecular complexity index is 863. The van der Waals surface area contributed by atoms with Gasteiger partial charge in [0.05, 0.1) is 0 Å². The average molecular weight is 498 g/mol. The molecule has 0 aliphatic rings. The number of aromatic amines is 1. The summed E-state index contributed by atoms with van der Waals surface area (Å²) < 4.78 is 0. The number of benzene rings is 1. The zero-order valence-electron chi connectivity index (χ0n) is 15.3. The summed E-state index contributed by atoms with van der Waals surface area (Å²) in [4.78, 5) is 12.3. The first kappa shape index (κ1) is 21.5. The molecule has 5 nitrogen and oxygen atoms in total. The first-order chi connectivity index (χ1) is 12.8. The molecule has 7 heteroatoms. The van der Waals surface area contributed by atoms with Crippen LogP contribution in [0.25, 0.3) is 10.9 Å². The number of aliphatic imine (C=N–C) groups is 1. The van der Waals surface area contributed by atoms with Gasteiger partial charge in [-0.3, -0.25) is 9.98 Å². The number of nitrogens with zero attached hydrogens (tertiary/aromatic N) is 2. The molecule has 2 aromatic heterocycles. The predicted molar refractivity (Wildman–Crippen MR) is 124 cm³/mol. The number of nitrogens with one attached hydrogen (secondary N) is 3. The molecule has 0 radical (unpaired) electrons. The molecule has 0 fully saturated rings. The van der Waals surface area contributed by atoms with Gasteiger partial charge in [-0.05, 0) is 49.2 Å². The molecule has 0 bridgehead atoms. The lowest BCUT2D eigenvalue weighted by Crippen LogP contribution is -2.38. The summed E-state index contributed by atoms with van der Waals surface area (Å²) in [6, 6.07) is 11.9. The molecule has 2 heterocycles. The van der Waals surface area contributed by atoms with Crippen molar-refractivity contribution in [1.82, 2.24) is 20.6 Å². The van der Waals surface area contributed by atoms with Crippen LogP contribution < -0.4 is 10.6 Å². The molecule has 0 unspecified atom stereocenters. The molecular formula is C20H25ClIN5. The van der Waals surface area contributed by atoms with Crippen LogP contribution in [-0.2, 0) is 12.8 Å². The molecule has 0 aliphatic heterocycles. The Morgan fingerprint density at radius 3 is 2.85 bits per heavy atom. The van der Waals surface area contributed by atoms with Crippen LogP contribution in [0.1, 0.15) is 18.2 Å². The lowest BCUT2D eigenvalue weighted by atomic mass is 10.1. The van der Waals surface area contributed by atoms with E-state index in [0.29, 0.717) is 6.54 Å². The highest BCUT2D eigenvalue weighted by Gasteiger charge is 2.05. The van der Waals surface area contributed by atoms with Crippen molar-refractivity contribution < 1.29 is 0 Å². The number of hydrogen-bond acceptors (Lipinski definition) is 2. The normalized spacial score (nSPS) is 11.3. The summed E-state index contributed by atoms with van der Waals surface area (Å²) in [5.41, 5.74) is 3.42. The third-order valence-electron chi connectivity index (χ3n) is 4.12. The summed E-state index contributed by atoms with van der Waals surface area (Å²) >= 11 is 6.12. The van der Waals surface area contributed by atoms with E-state index in [0.717, 1.165) is 48.1 Å². The summed E-state index contributed by atoms with van der Waals surface area (Å²) in [5, 5.41) is 8.62. The highest BCUT2D eigenvalue weighted by Crippen LogP contribution is 2.22. The highest BCUT2D eigenvalue weighted by molar-refractivity contribution is 14.0. The average Bonchev–Trinajstić information content (AvgIpc) is 3.05. The van der Waals surface area contributed by atoms with Crippen molar-refractivity contribution in [3.63, 3.8) is 0 Å². The van der Waals surface area contributed by atoms with Gasteiger partial charge in [0.25, 0.3) is 0 Å². The summed E-state index contributed by atoms with van der Waals surface area (Å²) in [7, 11) is 0. The Kier molecular flexibility index (Phi) is 8.87. The molecule has 3 rings (SSSR count). The molecule has 144 valence electrons. The van der Waals surface area contributed by atoms with Crippen LogP contribution in [0.2, 0.25) is 5.02 Å². The first-order valence-corrected chi connectivity index (χ1v) is 9.31. The van der Waals surface area contributed by atoms with Crippen molar-refractivity contribution >= 4 is 52.4 Å². The van der Waals surface area contributed by atoms with Gasteiger partial charge < -0.3 is 15.6 Å². The second-order valence-corrected chi connectivity index (χ2v) is 6.45. The Labute approximate surface area is 182 Å². The quantitative estimate of drug-likeness (QED) is 0.261. The largest absolute Gasteiger partial charge is 0.361 e. The maximum Gasteiger partial charge on any atom is 0.191 e. The van der Waals surface area contributed by atoms with E-state index in [1.165, 1.54) is 10.9 Å². The minimum Gasteiger partial charge on any atom is -0.361 e. The fraction of sp³-hybridized carbons (Fsp3) is 0.300. The predicted octanol–water partition coefficient (Wildman–Crippen LogP) is 4.17. The van der Waals surface area contributed by atoms with Gasteiger partial charge in [-0.25, -0.2) is 0 Å². The standard InChI is InChI=1S/C20H24ClN5.HI/c1-2-22-20(25-12-9-17-5-3-4-10-23-17)24-11-8-15-14-26-19-7-6-16(21)13-18(15)19;/h3-7,10,13-14,26H,2,8-9,11-12H2,1H3,(H2,22,24,25);1H. The van der Waals surface area contributed by atoms with Crippen LogP contribution in [0, 0.1) is 0 Å². The van der Waals surface area contributed by atoms with Gasteiger partial charge in [0.2, 0.25) is 0 Å². The third-order valence-corrected chi connectivity index (χ3v) is 4.36. The minimum atomic E-state index is 0. The van der Waals surface area contributed by atoms with Gasteiger partial charge in [0.15, 0.2) is 5.96 Å². The maximum atomic E-state index is 6.12. The number of H-pyrrole nitrogens is 1. The SMILES string of the molecule is CCNC(=NCCc1ccccn1)NCCc1c[nH]c2ccc(Cl)cc12.I. The van der Waals surface area contributed by atoms with Crippen LogP contribution in [0.4, 0.5) is 0 Å². The van der Waals surface area contributed by atoms with Gasteiger partial charge in [0.1, 0.15) is 0 Å². The molecule has 27 heavy (non-hydrogen) atoms. The maximum absolute atomic E-state index is 6.12. The van der Waals surface area contributed by atoms with E-state index in [9.17, 15) is 0 Å². The van der Waals surface area contributed by atoms with Crippen LogP contribution in [0.5, 0.6) is 0 Å². The molecule has 0 amide bonds. The van der Waals surface area contributed by atoms with E-state index in [4.69, 9.17) is 11.6 Å². The fourth-order valence-corrected chi connectivity index (χ4v) is 3.02. The monoisotopic (exact) mass is 497 g/mol. The van der Waals surface area contributed by atoms with E-state index in [1.807, 2.05) is 48.8 Å². The van der Waals surface area contributed by atoms with Crippen molar-refractivity contribution in [2.24, 2.45) is 4.99 Å². The van der Waals surface area contributed by atoms with Crippen molar-refractivity contribution in [2.45, 2.75) is 19.8 Å². The summed E-state index contributed by atoms with van der Waals surface area (Å²) in [6.07, 6.45) is 5.59. The highest BCUT2D eigenvalue weighted by atomic mass is 127. The Morgan fingerprint density at radius 1 is 1.19 bits per heavy atom. The van der Waals surface area contributed by atoms with Crippen molar-refractivity contribution in [3.05, 3.63) is 65.1 Å². The van der Waals surface area contributed by atoms with Crippen LogP contribution in [-0.4, -0.2) is 35.6 Å². The lowest BCUT2D eigenvalue weighted by molar-refractivity contribution is 0.796. The number of guanidine groups is 1. The fourth-order valence-electron chi connectivity index (χ4n) is 2.84. The first-order valence-electron chi connectivity index (χ1n) is 8.94. The topological polar surface area (TPSA) is 65.1 Å². The molecule has 0 aliphatic carbocycles. The molecule has 1 aromatic carbocycles. The molecule has 3 aromatic rings. The number of fused-ring (bicyclic) bond motifs is 1. The lowest BCUT2D eigenvalue weighted by Gasteiger charge is -2.11. The number of rotatable bonds is 7. The second kappa shape index (κ2) is 11.1. The summed E-state index contributed by atoms with van der Waals surface area (Å²) in [6.45, 7) is 4.40. The van der Waals surface area contributed by atoms with Gasteiger partial charge in [0, 0.05) is 60.1 Å². The van der Waals surface area contributed by atoms with E-state index in [-0.39, 0.29) is 24.0 Å². The Hall–Kier alpha value is -1.80. The molecule has 0 saturated carbocycles. The molecular weight excluding hydrogens is 473 g/mol. The number of aromatic nitrogens is 2. The molecule has 3 N–H and O–H groups in total. The van der Waals surface area contributed by atoms with E-state index >= 15 is 0 Å². The number of halogens is 2. The third kappa shape index (κ3) is 6.39. The number of pyridine rings is 1. The number of hydrogen-bond donors (Lipinski definition) is 3. The zero-order valence-corrected chi connectivity index (χ0v) is 18.4. The van der Waals surface area contributed by atoms with Gasteiger partial charge in [-0.2, -0.15) is 0 Å². The van der Waals surface area contributed by atoms with Gasteiger partial charge in [-0.15, -0.1) is 24.0 Å². The second-order valence-electron chi connectivity index (χ2n) is 6.01. The zero-order chi connectivity index (χ0) is 18.2. The summed E-state index contributed by atoms with van der Waals surface area (Å²) in [5.74, 6) is 0.835. The van der Waals surface area contributed by atoms with E-state index < -0.39 is 0 Å². The van der Waals surface area contributed by atoms with Crippen molar-refractivity contribution in [3.8, 4) is 0 Å². The van der Waals surface area contributed by atoms with E-state index in [1.54, 1.807) is 0 Å². The van der Waals surface area contributed by atoms with Crippen molar-refractivity contribution in [2.75, 3.05) is 19.6 Å². The Balaban J connectivity index is 0.00000261. The van der Waals surface area contributed by atoms with E-state index in [2.05, 4.69) is 32.5 Å². The van der Waals surface area contributed by atoms with Crippen LogP contribution >= 0.6 is 35.6 Å². The molecule has 0 saturated heterocycles. The molecule has 0 atom stereocenters.